The smallest absolute Gasteiger partial charge is 0.271 e. The minimum atomic E-state index is -3.38. The Bertz CT molecular complexity index is 1030. The minimum absolute atomic E-state index is 0.0205. The minimum Gasteiger partial charge on any atom is -0.381 e. The predicted octanol–water partition coefficient (Wildman–Crippen LogP) is 1.90. The van der Waals surface area contributed by atoms with E-state index in [4.69, 9.17) is 10.5 Å². The topological polar surface area (TPSA) is 128 Å². The lowest BCUT2D eigenvalue weighted by molar-refractivity contribution is 0.0817. The number of amides is 1. The number of ether oxygens (including phenoxy) is 1. The third kappa shape index (κ3) is 4.88. The second-order valence-corrected chi connectivity index (χ2v) is 9.27. The van der Waals surface area contributed by atoms with Gasteiger partial charge in [-0.25, -0.2) is 18.4 Å². The van der Waals surface area contributed by atoms with Gasteiger partial charge < -0.3 is 20.7 Å². The molecule has 0 atom stereocenters. The van der Waals surface area contributed by atoms with E-state index >= 15 is 0 Å². The van der Waals surface area contributed by atoms with Gasteiger partial charge in [-0.15, -0.1) is 0 Å². The van der Waals surface area contributed by atoms with Gasteiger partial charge in [-0.05, 0) is 37.5 Å². The van der Waals surface area contributed by atoms with Crippen LogP contribution in [0, 0.1) is 0 Å². The van der Waals surface area contributed by atoms with Gasteiger partial charge in [0, 0.05) is 32.1 Å². The molecule has 3 N–H and O–H groups in total. The first kappa shape index (κ1) is 22.0. The number of aryl methyl sites for hydroxylation is 1. The summed E-state index contributed by atoms with van der Waals surface area (Å²) in [5.41, 5.74) is 6.73. The van der Waals surface area contributed by atoms with Crippen LogP contribution in [-0.2, 0) is 21.0 Å². The first-order valence-corrected chi connectivity index (χ1v) is 11.7. The van der Waals surface area contributed by atoms with Gasteiger partial charge in [0.05, 0.1) is 16.7 Å². The summed E-state index contributed by atoms with van der Waals surface area (Å²) in [6.45, 7) is 3.47. The summed E-state index contributed by atoms with van der Waals surface area (Å²) in [6, 6.07) is 6.30. The molecule has 1 aromatic heterocycles. The average Bonchev–Trinajstić information content (AvgIpc) is 2.73. The van der Waals surface area contributed by atoms with Crippen LogP contribution in [0.3, 0.4) is 0 Å². The van der Waals surface area contributed by atoms with Crippen LogP contribution in [0.25, 0.3) is 0 Å². The van der Waals surface area contributed by atoms with Gasteiger partial charge in [0.15, 0.2) is 27.2 Å². The van der Waals surface area contributed by atoms with Crippen LogP contribution in [0.1, 0.15) is 35.9 Å². The highest BCUT2D eigenvalue weighted by Gasteiger charge is 2.25. The van der Waals surface area contributed by atoms with Crippen LogP contribution in [-0.4, -0.2) is 56.9 Å². The lowest BCUT2D eigenvalue weighted by Crippen LogP contribution is -2.38. The zero-order valence-corrected chi connectivity index (χ0v) is 18.2. The molecule has 0 radical (unpaired) electrons. The summed E-state index contributed by atoms with van der Waals surface area (Å²) >= 11 is 0. The number of anilines is 3. The summed E-state index contributed by atoms with van der Waals surface area (Å²) in [4.78, 5) is 23.5. The van der Waals surface area contributed by atoms with Crippen molar-refractivity contribution in [3.05, 3.63) is 35.7 Å². The van der Waals surface area contributed by atoms with Crippen molar-refractivity contribution in [3.63, 3.8) is 0 Å². The number of methoxy groups -OCH3 is 1. The number of benzene rings is 1. The number of nitrogens with one attached hydrogen (secondary N) is 1. The fraction of sp³-hybridized carbons (Fsp3) is 0.450. The third-order valence-electron chi connectivity index (χ3n) is 5.11. The molecule has 1 fully saturated rings. The van der Waals surface area contributed by atoms with Crippen LogP contribution in [0.5, 0.6) is 0 Å². The fourth-order valence-corrected chi connectivity index (χ4v) is 4.12. The molecule has 3 rings (SSSR count). The monoisotopic (exact) mass is 433 g/mol. The number of hydrogen-bond donors (Lipinski definition) is 2. The van der Waals surface area contributed by atoms with Crippen molar-refractivity contribution in [2.24, 2.45) is 5.73 Å². The van der Waals surface area contributed by atoms with Crippen molar-refractivity contribution in [2.75, 3.05) is 36.7 Å². The molecule has 9 nitrogen and oxygen atoms in total. The molecule has 2 aromatic rings. The standard InChI is InChI=1S/C20H27N5O4S/c1-4-16-20(25-10-8-14(29-2)9-11-25)24-19(17(23-16)18(21)26)22-13-6-5-7-15(12-13)30(3,27)28/h5-7,12,14H,4,8-11H2,1-3H3,(H2,21,26)(H,22,24). The Hall–Kier alpha value is -2.72. The molecule has 1 aliphatic rings. The highest BCUT2D eigenvalue weighted by Crippen LogP contribution is 2.28. The number of primary amides is 1. The zero-order chi connectivity index (χ0) is 21.9. The van der Waals surface area contributed by atoms with E-state index in [2.05, 4.69) is 20.2 Å². The van der Waals surface area contributed by atoms with Crippen molar-refractivity contribution in [1.29, 1.82) is 0 Å². The van der Waals surface area contributed by atoms with Crippen LogP contribution in [0.4, 0.5) is 17.3 Å². The van der Waals surface area contributed by atoms with Gasteiger partial charge in [0.25, 0.3) is 5.91 Å². The number of nitrogens with zero attached hydrogens (tertiary/aromatic N) is 3. The number of nitrogens with two attached hydrogens (primary N) is 1. The maximum atomic E-state index is 12.0. The van der Waals surface area contributed by atoms with Gasteiger partial charge in [-0.1, -0.05) is 13.0 Å². The molecule has 0 unspecified atom stereocenters. The van der Waals surface area contributed by atoms with E-state index in [1.165, 1.54) is 12.1 Å². The van der Waals surface area contributed by atoms with Crippen molar-refractivity contribution in [3.8, 4) is 0 Å². The molecule has 1 aromatic carbocycles. The molecule has 0 aliphatic carbocycles. The second-order valence-electron chi connectivity index (χ2n) is 7.26. The highest BCUT2D eigenvalue weighted by molar-refractivity contribution is 7.90. The third-order valence-corrected chi connectivity index (χ3v) is 6.23. The number of carbonyl (C=O) groups excluding carboxylic acids is 1. The predicted molar refractivity (Wildman–Crippen MR) is 115 cm³/mol. The Morgan fingerprint density at radius 3 is 2.57 bits per heavy atom. The van der Waals surface area contributed by atoms with Crippen molar-refractivity contribution < 1.29 is 17.9 Å². The Balaban J connectivity index is 2.00. The van der Waals surface area contributed by atoms with E-state index in [9.17, 15) is 13.2 Å². The summed E-state index contributed by atoms with van der Waals surface area (Å²) in [7, 11) is -1.66. The lowest BCUT2D eigenvalue weighted by Gasteiger charge is -2.33. The summed E-state index contributed by atoms with van der Waals surface area (Å²) in [5, 5.41) is 3.03. The average molecular weight is 434 g/mol. The molecule has 0 spiro atoms. The fourth-order valence-electron chi connectivity index (χ4n) is 3.46. The molecule has 0 bridgehead atoms. The van der Waals surface area contributed by atoms with Gasteiger partial charge in [0.1, 0.15) is 0 Å². The second kappa shape index (κ2) is 8.97. The molecule has 1 saturated heterocycles. The molecule has 1 aliphatic heterocycles. The first-order valence-electron chi connectivity index (χ1n) is 9.78. The molecular formula is C20H27N5O4S. The SMILES string of the molecule is CCc1nc(C(N)=O)c(Nc2cccc(S(C)(=O)=O)c2)nc1N1CCC(OC)CC1. The molecule has 30 heavy (non-hydrogen) atoms. The van der Waals surface area contributed by atoms with Crippen molar-refractivity contribution in [2.45, 2.75) is 37.2 Å². The maximum Gasteiger partial charge on any atom is 0.271 e. The molecule has 2 heterocycles. The summed E-state index contributed by atoms with van der Waals surface area (Å²) < 4.78 is 29.2. The summed E-state index contributed by atoms with van der Waals surface area (Å²) in [5.74, 6) is 0.191. The van der Waals surface area contributed by atoms with Gasteiger partial charge in [0.2, 0.25) is 0 Å². The Labute approximate surface area is 176 Å². The van der Waals surface area contributed by atoms with Crippen LogP contribution < -0.4 is 16.0 Å². The number of carbonyl (C=O) groups is 1. The Morgan fingerprint density at radius 1 is 1.30 bits per heavy atom. The van der Waals surface area contributed by atoms with E-state index in [1.807, 2.05) is 6.92 Å². The van der Waals surface area contributed by atoms with Crippen molar-refractivity contribution >= 4 is 33.1 Å². The van der Waals surface area contributed by atoms with Gasteiger partial charge in [-0.2, -0.15) is 0 Å². The summed E-state index contributed by atoms with van der Waals surface area (Å²) in [6.07, 6.45) is 3.70. The quantitative estimate of drug-likeness (QED) is 0.678. The molecule has 10 heteroatoms. The number of rotatable bonds is 7. The van der Waals surface area contributed by atoms with Crippen LogP contribution in [0.15, 0.2) is 29.2 Å². The van der Waals surface area contributed by atoms with E-state index in [0.717, 1.165) is 32.2 Å². The molecule has 162 valence electrons. The normalized spacial score (nSPS) is 15.2. The van der Waals surface area contributed by atoms with Crippen LogP contribution >= 0.6 is 0 Å². The largest absolute Gasteiger partial charge is 0.381 e. The van der Waals surface area contributed by atoms with Crippen LogP contribution in [0.2, 0.25) is 0 Å². The maximum absolute atomic E-state index is 12.0. The molecular weight excluding hydrogens is 406 g/mol. The molecule has 0 saturated carbocycles. The number of hydrogen-bond acceptors (Lipinski definition) is 8. The Kier molecular flexibility index (Phi) is 6.57. The molecule has 1 amide bonds. The number of aromatic nitrogens is 2. The van der Waals surface area contributed by atoms with Crippen molar-refractivity contribution in [1.82, 2.24) is 9.97 Å². The van der Waals surface area contributed by atoms with E-state index < -0.39 is 15.7 Å². The van der Waals surface area contributed by atoms with E-state index in [1.54, 1.807) is 19.2 Å². The highest BCUT2D eigenvalue weighted by atomic mass is 32.2. The zero-order valence-electron chi connectivity index (χ0n) is 17.4. The van der Waals surface area contributed by atoms with E-state index in [-0.39, 0.29) is 22.5 Å². The first-order chi connectivity index (χ1) is 14.2. The number of piperidine rings is 1. The Morgan fingerprint density at radius 2 is 2.00 bits per heavy atom. The van der Waals surface area contributed by atoms with E-state index in [0.29, 0.717) is 23.6 Å². The van der Waals surface area contributed by atoms with Gasteiger partial charge >= 0.3 is 0 Å². The van der Waals surface area contributed by atoms with Gasteiger partial charge in [-0.3, -0.25) is 4.79 Å². The lowest BCUT2D eigenvalue weighted by atomic mass is 10.1. The number of sulfone groups is 1.